The zero-order chi connectivity index (χ0) is 7.91. The Kier molecular flexibility index (Phi) is 6.46. The summed E-state index contributed by atoms with van der Waals surface area (Å²) in [4.78, 5) is 0. The Bertz CT molecular complexity index is 179. The molecule has 0 spiro atoms. The lowest BCUT2D eigenvalue weighted by Gasteiger charge is -1.82. The molecule has 0 aromatic rings. The van der Waals surface area contributed by atoms with Gasteiger partial charge in [0.15, 0.2) is 0 Å². The second-order valence-electron chi connectivity index (χ2n) is 1.04. The lowest BCUT2D eigenvalue weighted by Crippen LogP contribution is -1.99. The number of hydrogen-bond donors (Lipinski definition) is 1. The molecule has 5 heteroatoms. The lowest BCUT2D eigenvalue weighted by atomic mass is 10.8. The molecular formula is C4H7NO3S. The van der Waals surface area contributed by atoms with Crippen molar-refractivity contribution in [2.75, 3.05) is 5.75 Å². The normalized spacial score (nSPS) is 8.78. The molecule has 1 N–H and O–H groups in total. The van der Waals surface area contributed by atoms with Crippen molar-refractivity contribution in [3.8, 4) is 6.57 Å². The van der Waals surface area contributed by atoms with Crippen LogP contribution in [0.25, 0.3) is 0 Å². The van der Waals surface area contributed by atoms with Crippen molar-refractivity contribution in [1.29, 1.82) is 5.26 Å². The first-order valence-corrected chi connectivity index (χ1v) is 3.49. The van der Waals surface area contributed by atoms with E-state index >= 15 is 0 Å². The van der Waals surface area contributed by atoms with Crippen LogP contribution in [0.15, 0.2) is 12.7 Å². The van der Waals surface area contributed by atoms with E-state index in [0.29, 0.717) is 0 Å². The summed E-state index contributed by atoms with van der Waals surface area (Å²) < 4.78 is 27.3. The van der Waals surface area contributed by atoms with E-state index < -0.39 is 10.1 Å². The number of nitriles is 1. The fraction of sp³-hybridized carbons (Fsp3) is 0.250. The van der Waals surface area contributed by atoms with Crippen molar-refractivity contribution in [3.63, 3.8) is 0 Å². The average molecular weight is 149 g/mol. The molecule has 0 aliphatic rings. The van der Waals surface area contributed by atoms with Crippen molar-refractivity contribution in [2.45, 2.75) is 0 Å². The molecule has 0 saturated carbocycles. The smallest absolute Gasteiger partial charge is 0.268 e. The van der Waals surface area contributed by atoms with E-state index in [1.54, 1.807) is 0 Å². The van der Waals surface area contributed by atoms with E-state index in [1.165, 1.54) is 0 Å². The largest absolute Gasteiger partial charge is 0.285 e. The SMILES string of the molecule is C#N.C=CCS(=O)(=O)O. The molecule has 0 unspecified atom stereocenters. The van der Waals surface area contributed by atoms with Gasteiger partial charge in [-0.3, -0.25) is 4.55 Å². The van der Waals surface area contributed by atoms with Crippen molar-refractivity contribution in [3.05, 3.63) is 12.7 Å². The standard InChI is InChI=1S/C3H6O3S.CHN/c1-2-3-7(4,5)6;1-2/h2H,1,3H2,(H,4,5,6);1H. The quantitative estimate of drug-likeness (QED) is 0.449. The van der Waals surface area contributed by atoms with Gasteiger partial charge in [0, 0.05) is 6.57 Å². The molecule has 0 saturated heterocycles. The number of nitrogens with zero attached hydrogens (tertiary/aromatic N) is 1. The van der Waals surface area contributed by atoms with Crippen LogP contribution in [0.5, 0.6) is 0 Å². The predicted molar refractivity (Wildman–Crippen MR) is 33.3 cm³/mol. The lowest BCUT2D eigenvalue weighted by molar-refractivity contribution is 0.487. The zero-order valence-electron chi connectivity index (χ0n) is 4.69. The number of rotatable bonds is 2. The molecule has 0 aromatic heterocycles. The highest BCUT2D eigenvalue weighted by Crippen LogP contribution is 1.78. The van der Waals surface area contributed by atoms with Crippen molar-refractivity contribution in [2.24, 2.45) is 0 Å². The van der Waals surface area contributed by atoms with Gasteiger partial charge in [-0.1, -0.05) is 6.08 Å². The molecule has 0 amide bonds. The first kappa shape index (κ1) is 11.0. The van der Waals surface area contributed by atoms with Gasteiger partial charge in [-0.15, -0.1) is 6.58 Å². The summed E-state index contributed by atoms with van der Waals surface area (Å²) in [5.74, 6) is -0.368. The van der Waals surface area contributed by atoms with E-state index in [4.69, 9.17) is 9.81 Å². The minimum Gasteiger partial charge on any atom is -0.285 e. The van der Waals surface area contributed by atoms with Gasteiger partial charge in [-0.05, 0) is 0 Å². The van der Waals surface area contributed by atoms with E-state index in [1.807, 2.05) is 0 Å². The molecule has 0 heterocycles. The summed E-state index contributed by atoms with van der Waals surface area (Å²) in [6.07, 6.45) is 1.12. The van der Waals surface area contributed by atoms with Gasteiger partial charge in [0.25, 0.3) is 10.1 Å². The van der Waals surface area contributed by atoms with Crippen LogP contribution in [-0.2, 0) is 10.1 Å². The minimum absolute atomic E-state index is 0.368. The van der Waals surface area contributed by atoms with Crippen LogP contribution in [0.1, 0.15) is 0 Å². The Morgan fingerprint density at radius 2 is 2.00 bits per heavy atom. The van der Waals surface area contributed by atoms with E-state index in [9.17, 15) is 8.42 Å². The molecular weight excluding hydrogens is 142 g/mol. The molecule has 0 bridgehead atoms. The average Bonchev–Trinajstić information content (AvgIpc) is 1.69. The van der Waals surface area contributed by atoms with Crippen LogP contribution in [0.3, 0.4) is 0 Å². The summed E-state index contributed by atoms with van der Waals surface area (Å²) in [7, 11) is -3.79. The topological polar surface area (TPSA) is 78.2 Å². The monoisotopic (exact) mass is 149 g/mol. The van der Waals surface area contributed by atoms with E-state index in [-0.39, 0.29) is 5.75 Å². The summed E-state index contributed by atoms with van der Waals surface area (Å²) in [6, 6.07) is 0. The van der Waals surface area contributed by atoms with Gasteiger partial charge in [-0.2, -0.15) is 8.42 Å². The van der Waals surface area contributed by atoms with Crippen LogP contribution in [0.2, 0.25) is 0 Å². The molecule has 0 radical (unpaired) electrons. The Morgan fingerprint density at radius 1 is 1.67 bits per heavy atom. The summed E-state index contributed by atoms with van der Waals surface area (Å²) in [5, 5.41) is 6.50. The third-order valence-electron chi connectivity index (χ3n) is 0.328. The van der Waals surface area contributed by atoms with Crippen LogP contribution in [0, 0.1) is 11.8 Å². The molecule has 0 fully saturated rings. The first-order chi connectivity index (χ1) is 4.06. The van der Waals surface area contributed by atoms with Gasteiger partial charge < -0.3 is 0 Å². The summed E-state index contributed by atoms with van der Waals surface area (Å²) >= 11 is 0. The molecule has 0 aliphatic heterocycles. The third-order valence-corrected chi connectivity index (χ3v) is 0.985. The Balaban J connectivity index is 0. The second kappa shape index (κ2) is 5.28. The fourth-order valence-corrected chi connectivity index (χ4v) is 0.447. The Labute approximate surface area is 54.2 Å². The van der Waals surface area contributed by atoms with E-state index in [2.05, 4.69) is 13.2 Å². The highest BCUT2D eigenvalue weighted by Gasteiger charge is 1.95. The molecule has 0 rings (SSSR count). The fourth-order valence-electron chi connectivity index (χ4n) is 0.149. The molecule has 4 nitrogen and oxygen atoms in total. The predicted octanol–water partition coefficient (Wildman–Crippen LogP) is 0.200. The molecule has 9 heavy (non-hydrogen) atoms. The maximum Gasteiger partial charge on any atom is 0.268 e. The van der Waals surface area contributed by atoms with Crippen molar-refractivity contribution in [1.82, 2.24) is 0 Å². The molecule has 0 aliphatic carbocycles. The third kappa shape index (κ3) is 19.1. The zero-order valence-corrected chi connectivity index (χ0v) is 5.50. The van der Waals surface area contributed by atoms with Gasteiger partial charge in [-0.25, -0.2) is 5.26 Å². The minimum atomic E-state index is -3.79. The second-order valence-corrected chi connectivity index (χ2v) is 2.53. The van der Waals surface area contributed by atoms with Crippen molar-refractivity contribution < 1.29 is 13.0 Å². The van der Waals surface area contributed by atoms with E-state index in [0.717, 1.165) is 6.08 Å². The van der Waals surface area contributed by atoms with Gasteiger partial charge in [0.05, 0.1) is 5.75 Å². The highest BCUT2D eigenvalue weighted by molar-refractivity contribution is 7.85. The summed E-state index contributed by atoms with van der Waals surface area (Å²) in [5.41, 5.74) is 0. The molecule has 0 aromatic carbocycles. The highest BCUT2D eigenvalue weighted by atomic mass is 32.2. The Hall–Kier alpha value is -0.860. The first-order valence-electron chi connectivity index (χ1n) is 1.88. The Morgan fingerprint density at radius 3 is 2.00 bits per heavy atom. The van der Waals surface area contributed by atoms with Crippen LogP contribution in [-0.4, -0.2) is 18.7 Å². The van der Waals surface area contributed by atoms with Crippen LogP contribution >= 0.6 is 0 Å². The van der Waals surface area contributed by atoms with Crippen LogP contribution in [0.4, 0.5) is 0 Å². The number of hydrogen-bond acceptors (Lipinski definition) is 3. The summed E-state index contributed by atoms with van der Waals surface area (Å²) in [6.45, 7) is 6.61. The van der Waals surface area contributed by atoms with Crippen molar-refractivity contribution >= 4 is 10.1 Å². The molecule has 52 valence electrons. The van der Waals surface area contributed by atoms with Crippen LogP contribution < -0.4 is 0 Å². The molecule has 0 atom stereocenters. The van der Waals surface area contributed by atoms with Gasteiger partial charge in [0.1, 0.15) is 0 Å². The van der Waals surface area contributed by atoms with Gasteiger partial charge in [0.2, 0.25) is 0 Å². The maximum absolute atomic E-state index is 9.72. The maximum atomic E-state index is 9.72. The van der Waals surface area contributed by atoms with Gasteiger partial charge >= 0.3 is 0 Å².